The predicted octanol–water partition coefficient (Wildman–Crippen LogP) is 1.35. The predicted molar refractivity (Wildman–Crippen MR) is 68.7 cm³/mol. The summed E-state index contributed by atoms with van der Waals surface area (Å²) in [6.07, 6.45) is 1.19. The van der Waals surface area contributed by atoms with Crippen molar-refractivity contribution in [3.05, 3.63) is 29.8 Å². The first kappa shape index (κ1) is 13.5. The molecule has 0 aliphatic carbocycles. The number of carbonyl (C=O) groups is 1. The number of rotatable bonds is 7. The van der Waals surface area contributed by atoms with Gasteiger partial charge in [0.25, 0.3) is 0 Å². The average Bonchev–Trinajstić information content (AvgIpc) is 2.31. The standard InChI is InChI=1S/C13H20N2O2/c1-2-15-13(16)8-10-17-9-7-11-5-3-4-6-12(11)14/h3-6H,2,7-10,14H2,1H3,(H,15,16). The number of nitrogens with two attached hydrogens (primary N) is 1. The van der Waals surface area contributed by atoms with Gasteiger partial charge in [-0.25, -0.2) is 0 Å². The third-order valence-corrected chi connectivity index (χ3v) is 2.42. The molecule has 0 fully saturated rings. The van der Waals surface area contributed by atoms with Crippen molar-refractivity contribution in [3.63, 3.8) is 0 Å². The van der Waals surface area contributed by atoms with E-state index in [-0.39, 0.29) is 5.91 Å². The van der Waals surface area contributed by atoms with E-state index < -0.39 is 0 Å². The highest BCUT2D eigenvalue weighted by Gasteiger charge is 2.00. The minimum Gasteiger partial charge on any atom is -0.399 e. The molecule has 1 amide bonds. The number of ether oxygens (including phenoxy) is 1. The van der Waals surface area contributed by atoms with Crippen molar-refractivity contribution in [1.82, 2.24) is 5.32 Å². The van der Waals surface area contributed by atoms with Crippen LogP contribution < -0.4 is 11.1 Å². The Morgan fingerprint density at radius 1 is 1.35 bits per heavy atom. The quantitative estimate of drug-likeness (QED) is 0.555. The first-order chi connectivity index (χ1) is 8.24. The third kappa shape index (κ3) is 5.36. The number of amides is 1. The highest BCUT2D eigenvalue weighted by Crippen LogP contribution is 2.10. The smallest absolute Gasteiger partial charge is 0.222 e. The molecule has 4 nitrogen and oxygen atoms in total. The zero-order valence-electron chi connectivity index (χ0n) is 10.2. The summed E-state index contributed by atoms with van der Waals surface area (Å²) in [5.74, 6) is 0.0340. The molecule has 0 aromatic heterocycles. The van der Waals surface area contributed by atoms with Crippen LogP contribution in [0.3, 0.4) is 0 Å². The van der Waals surface area contributed by atoms with E-state index in [1.165, 1.54) is 0 Å². The van der Waals surface area contributed by atoms with E-state index in [1.54, 1.807) is 0 Å². The summed E-state index contributed by atoms with van der Waals surface area (Å²) in [6, 6.07) is 7.74. The van der Waals surface area contributed by atoms with Crippen LogP contribution in [0.5, 0.6) is 0 Å². The Morgan fingerprint density at radius 3 is 2.82 bits per heavy atom. The molecule has 0 saturated carbocycles. The zero-order chi connectivity index (χ0) is 12.5. The fourth-order valence-electron chi connectivity index (χ4n) is 1.50. The van der Waals surface area contributed by atoms with Gasteiger partial charge < -0.3 is 15.8 Å². The number of hydrogen-bond donors (Lipinski definition) is 2. The van der Waals surface area contributed by atoms with Crippen LogP contribution in [-0.4, -0.2) is 25.7 Å². The number of para-hydroxylation sites is 1. The molecule has 3 N–H and O–H groups in total. The maximum absolute atomic E-state index is 11.1. The number of anilines is 1. The van der Waals surface area contributed by atoms with Gasteiger partial charge in [0.2, 0.25) is 5.91 Å². The molecule has 0 bridgehead atoms. The summed E-state index contributed by atoms with van der Waals surface area (Å²) >= 11 is 0. The summed E-state index contributed by atoms with van der Waals surface area (Å²) in [7, 11) is 0. The number of nitrogen functional groups attached to an aromatic ring is 1. The van der Waals surface area contributed by atoms with Crippen LogP contribution in [0.4, 0.5) is 5.69 Å². The maximum atomic E-state index is 11.1. The Bertz CT molecular complexity index is 353. The van der Waals surface area contributed by atoms with E-state index in [0.717, 1.165) is 17.7 Å². The Balaban J connectivity index is 2.13. The summed E-state index contributed by atoms with van der Waals surface area (Å²) in [6.45, 7) is 3.61. The van der Waals surface area contributed by atoms with Gasteiger partial charge in [-0.15, -0.1) is 0 Å². The van der Waals surface area contributed by atoms with Crippen molar-refractivity contribution in [2.75, 3.05) is 25.5 Å². The molecule has 4 heteroatoms. The monoisotopic (exact) mass is 236 g/mol. The van der Waals surface area contributed by atoms with Crippen molar-refractivity contribution >= 4 is 11.6 Å². The summed E-state index contributed by atoms with van der Waals surface area (Å²) in [5.41, 5.74) is 7.68. The molecule has 0 aliphatic rings. The van der Waals surface area contributed by atoms with Crippen molar-refractivity contribution in [3.8, 4) is 0 Å². The van der Waals surface area contributed by atoms with Gasteiger partial charge in [-0.1, -0.05) is 18.2 Å². The summed E-state index contributed by atoms with van der Waals surface area (Å²) in [5, 5.41) is 2.72. The van der Waals surface area contributed by atoms with E-state index in [2.05, 4.69) is 5.32 Å². The number of hydrogen-bond acceptors (Lipinski definition) is 3. The van der Waals surface area contributed by atoms with Crippen molar-refractivity contribution in [2.45, 2.75) is 19.8 Å². The lowest BCUT2D eigenvalue weighted by Crippen LogP contribution is -2.23. The molecule has 1 aromatic carbocycles. The van der Waals surface area contributed by atoms with Crippen molar-refractivity contribution < 1.29 is 9.53 Å². The molecule has 0 unspecified atom stereocenters. The average molecular weight is 236 g/mol. The number of nitrogens with one attached hydrogen (secondary N) is 1. The fraction of sp³-hybridized carbons (Fsp3) is 0.462. The lowest BCUT2D eigenvalue weighted by atomic mass is 10.1. The maximum Gasteiger partial charge on any atom is 0.222 e. The minimum absolute atomic E-state index is 0.0340. The summed E-state index contributed by atoms with van der Waals surface area (Å²) in [4.78, 5) is 11.1. The van der Waals surface area contributed by atoms with Gasteiger partial charge in [0.15, 0.2) is 0 Å². The third-order valence-electron chi connectivity index (χ3n) is 2.42. The molecule has 0 radical (unpaired) electrons. The highest BCUT2D eigenvalue weighted by atomic mass is 16.5. The van der Waals surface area contributed by atoms with E-state index >= 15 is 0 Å². The normalized spacial score (nSPS) is 10.2. The van der Waals surface area contributed by atoms with Crippen LogP contribution in [0.2, 0.25) is 0 Å². The Kier molecular flexibility index (Phi) is 6.10. The van der Waals surface area contributed by atoms with Crippen LogP contribution in [0, 0.1) is 0 Å². The lowest BCUT2D eigenvalue weighted by molar-refractivity contribution is -0.122. The van der Waals surface area contributed by atoms with E-state index in [0.29, 0.717) is 26.2 Å². The van der Waals surface area contributed by atoms with Crippen LogP contribution >= 0.6 is 0 Å². The second-order valence-electron chi connectivity index (χ2n) is 3.76. The van der Waals surface area contributed by atoms with Crippen LogP contribution in [0.1, 0.15) is 18.9 Å². The summed E-state index contributed by atoms with van der Waals surface area (Å²) < 4.78 is 5.39. The van der Waals surface area contributed by atoms with Crippen LogP contribution in [0.15, 0.2) is 24.3 Å². The molecule has 0 heterocycles. The van der Waals surface area contributed by atoms with Gasteiger partial charge in [-0.05, 0) is 25.0 Å². The molecule has 0 spiro atoms. The second kappa shape index (κ2) is 7.68. The Hall–Kier alpha value is -1.55. The first-order valence-electron chi connectivity index (χ1n) is 5.92. The first-order valence-corrected chi connectivity index (χ1v) is 5.92. The van der Waals surface area contributed by atoms with Gasteiger partial charge in [0, 0.05) is 18.7 Å². The molecule has 1 aromatic rings. The molecule has 17 heavy (non-hydrogen) atoms. The van der Waals surface area contributed by atoms with Gasteiger partial charge in [-0.2, -0.15) is 0 Å². The number of benzene rings is 1. The van der Waals surface area contributed by atoms with Gasteiger partial charge in [0.05, 0.1) is 13.2 Å². The van der Waals surface area contributed by atoms with Crippen molar-refractivity contribution in [1.29, 1.82) is 0 Å². The van der Waals surface area contributed by atoms with Crippen LogP contribution in [-0.2, 0) is 16.0 Å². The largest absolute Gasteiger partial charge is 0.399 e. The molecule has 0 atom stereocenters. The van der Waals surface area contributed by atoms with Gasteiger partial charge in [0.1, 0.15) is 0 Å². The lowest BCUT2D eigenvalue weighted by Gasteiger charge is -2.06. The number of carbonyl (C=O) groups excluding carboxylic acids is 1. The highest BCUT2D eigenvalue weighted by molar-refractivity contribution is 5.75. The molecular formula is C13H20N2O2. The zero-order valence-corrected chi connectivity index (χ0v) is 10.2. The molecule has 94 valence electrons. The van der Waals surface area contributed by atoms with Gasteiger partial charge in [-0.3, -0.25) is 4.79 Å². The van der Waals surface area contributed by atoms with E-state index in [4.69, 9.17) is 10.5 Å². The van der Waals surface area contributed by atoms with Crippen LogP contribution in [0.25, 0.3) is 0 Å². The molecule has 0 aliphatic heterocycles. The topological polar surface area (TPSA) is 64.3 Å². The molecule has 1 rings (SSSR count). The minimum atomic E-state index is 0.0340. The Morgan fingerprint density at radius 2 is 2.12 bits per heavy atom. The fourth-order valence-corrected chi connectivity index (χ4v) is 1.50. The molecule has 0 saturated heterocycles. The van der Waals surface area contributed by atoms with E-state index in [9.17, 15) is 4.79 Å². The van der Waals surface area contributed by atoms with Gasteiger partial charge >= 0.3 is 0 Å². The Labute approximate surface area is 102 Å². The van der Waals surface area contributed by atoms with E-state index in [1.807, 2.05) is 31.2 Å². The molecular weight excluding hydrogens is 216 g/mol. The second-order valence-corrected chi connectivity index (χ2v) is 3.76. The SMILES string of the molecule is CCNC(=O)CCOCCc1ccccc1N. The van der Waals surface area contributed by atoms with Crippen molar-refractivity contribution in [2.24, 2.45) is 0 Å².